The Bertz CT molecular complexity index is 1390. The molecular formula is C25H23F3N4O5. The van der Waals surface area contributed by atoms with E-state index in [0.717, 1.165) is 22.4 Å². The lowest BCUT2D eigenvalue weighted by atomic mass is 10.1. The molecular weight excluding hydrogens is 493 g/mol. The number of fused-ring (bicyclic) bond motifs is 1. The highest BCUT2D eigenvalue weighted by molar-refractivity contribution is 5.90. The first-order chi connectivity index (χ1) is 17.7. The number of alkyl halides is 3. The maximum Gasteiger partial charge on any atom is 0.405 e. The van der Waals surface area contributed by atoms with Crippen molar-refractivity contribution in [2.24, 2.45) is 0 Å². The second-order valence-electron chi connectivity index (χ2n) is 7.47. The predicted octanol–water partition coefficient (Wildman–Crippen LogP) is 5.07. The quantitative estimate of drug-likeness (QED) is 0.309. The number of carbonyl (C=O) groups excluding carboxylic acids is 1. The number of hydrogen-bond acceptors (Lipinski definition) is 5. The first-order valence-electron chi connectivity index (χ1n) is 10.7. The molecule has 0 aliphatic heterocycles. The summed E-state index contributed by atoms with van der Waals surface area (Å²) in [5, 5.41) is 11.1. The Kier molecular flexibility index (Phi) is 8.56. The third-order valence-electron chi connectivity index (χ3n) is 5.10. The average Bonchev–Trinajstić information content (AvgIpc) is 3.31. The number of benzene rings is 2. The first kappa shape index (κ1) is 26.9. The average molecular weight is 516 g/mol. The maximum absolute atomic E-state index is 12.3. The fourth-order valence-corrected chi connectivity index (χ4v) is 3.50. The second kappa shape index (κ2) is 11.8. The van der Waals surface area contributed by atoms with Gasteiger partial charge in [0.15, 0.2) is 11.5 Å². The van der Waals surface area contributed by atoms with Crippen LogP contribution in [0.1, 0.15) is 0 Å². The molecule has 194 valence electrons. The van der Waals surface area contributed by atoms with E-state index in [1.807, 2.05) is 47.0 Å². The number of urea groups is 1. The number of imidazole rings is 1. The van der Waals surface area contributed by atoms with Gasteiger partial charge in [-0.25, -0.2) is 9.78 Å². The lowest BCUT2D eigenvalue weighted by Crippen LogP contribution is -2.36. The van der Waals surface area contributed by atoms with E-state index in [-0.39, 0.29) is 6.47 Å². The van der Waals surface area contributed by atoms with Crippen molar-refractivity contribution in [2.45, 2.75) is 6.18 Å². The van der Waals surface area contributed by atoms with E-state index in [9.17, 15) is 18.0 Å². The number of carbonyl (C=O) groups is 2. The highest BCUT2D eigenvalue weighted by Crippen LogP contribution is 2.33. The van der Waals surface area contributed by atoms with Gasteiger partial charge in [-0.15, -0.1) is 0 Å². The Morgan fingerprint density at radius 1 is 1.03 bits per heavy atom. The Morgan fingerprint density at radius 3 is 2.41 bits per heavy atom. The predicted molar refractivity (Wildman–Crippen MR) is 131 cm³/mol. The third-order valence-corrected chi connectivity index (χ3v) is 5.10. The highest BCUT2D eigenvalue weighted by atomic mass is 19.4. The van der Waals surface area contributed by atoms with E-state index in [4.69, 9.17) is 19.4 Å². The molecule has 2 aromatic carbocycles. The zero-order chi connectivity index (χ0) is 27.0. The summed E-state index contributed by atoms with van der Waals surface area (Å²) in [5.74, 6) is 1.25. The zero-order valence-corrected chi connectivity index (χ0v) is 19.7. The summed E-state index contributed by atoms with van der Waals surface area (Å²) in [6, 6.07) is 15.4. The van der Waals surface area contributed by atoms with Crippen molar-refractivity contribution in [1.82, 2.24) is 14.7 Å². The van der Waals surface area contributed by atoms with E-state index in [1.165, 1.54) is 0 Å². The Balaban J connectivity index is 0.00000121. The summed E-state index contributed by atoms with van der Waals surface area (Å²) in [7, 11) is 3.16. The molecule has 0 fully saturated rings. The molecule has 9 nitrogen and oxygen atoms in total. The summed E-state index contributed by atoms with van der Waals surface area (Å²) < 4.78 is 49.4. The fraction of sp³-hybridized carbons (Fsp3) is 0.160. The fourth-order valence-electron chi connectivity index (χ4n) is 3.50. The van der Waals surface area contributed by atoms with Gasteiger partial charge in [-0.2, -0.15) is 13.2 Å². The van der Waals surface area contributed by atoms with E-state index < -0.39 is 18.8 Å². The standard InChI is InChI=1S/C24H21F3N4O3.CH2O2/c1-33-20-7-6-15(11-21(20)34-2)16-8-9-31-19(13-28-22(31)12-16)17-4-3-5-18(10-17)30-23(32)29-14-24(25,26)27;2-1-3/h3-13H,14H2,1-2H3,(H2,29,30,32);1H,(H,2,3). The van der Waals surface area contributed by atoms with Gasteiger partial charge in [0.2, 0.25) is 0 Å². The van der Waals surface area contributed by atoms with E-state index in [1.54, 1.807) is 43.9 Å². The number of hydrogen-bond donors (Lipinski definition) is 3. The number of amides is 2. The molecule has 0 radical (unpaired) electrons. The molecule has 0 atom stereocenters. The number of nitrogens with one attached hydrogen (secondary N) is 2. The normalized spacial score (nSPS) is 10.7. The molecule has 4 rings (SSSR count). The summed E-state index contributed by atoms with van der Waals surface area (Å²) in [5.41, 5.74) is 4.41. The monoisotopic (exact) mass is 516 g/mol. The second-order valence-corrected chi connectivity index (χ2v) is 7.47. The van der Waals surface area contributed by atoms with Gasteiger partial charge in [0.25, 0.3) is 6.47 Å². The van der Waals surface area contributed by atoms with E-state index in [2.05, 4.69) is 10.3 Å². The summed E-state index contributed by atoms with van der Waals surface area (Å²) in [4.78, 5) is 24.6. The van der Waals surface area contributed by atoms with Gasteiger partial charge < -0.3 is 25.2 Å². The van der Waals surface area contributed by atoms with Crippen molar-refractivity contribution in [3.63, 3.8) is 0 Å². The van der Waals surface area contributed by atoms with Crippen molar-refractivity contribution >= 4 is 23.8 Å². The van der Waals surface area contributed by atoms with Crippen LogP contribution in [0.2, 0.25) is 0 Å². The topological polar surface area (TPSA) is 114 Å². The molecule has 0 aliphatic carbocycles. The molecule has 2 amide bonds. The molecule has 37 heavy (non-hydrogen) atoms. The van der Waals surface area contributed by atoms with Crippen molar-refractivity contribution in [3.05, 3.63) is 67.0 Å². The lowest BCUT2D eigenvalue weighted by molar-refractivity contribution is -0.123. The summed E-state index contributed by atoms with van der Waals surface area (Å²) in [6.07, 6.45) is -0.915. The van der Waals surface area contributed by atoms with Gasteiger partial charge in [0, 0.05) is 17.4 Å². The molecule has 0 unspecified atom stereocenters. The van der Waals surface area contributed by atoms with Crippen LogP contribution in [-0.4, -0.2) is 53.9 Å². The lowest BCUT2D eigenvalue weighted by Gasteiger charge is -2.11. The molecule has 0 spiro atoms. The van der Waals surface area contributed by atoms with Crippen LogP contribution in [0, 0.1) is 0 Å². The van der Waals surface area contributed by atoms with E-state index in [0.29, 0.717) is 22.8 Å². The van der Waals surface area contributed by atoms with Crippen LogP contribution in [0.5, 0.6) is 11.5 Å². The Hall–Kier alpha value is -4.74. The SMILES string of the molecule is COc1ccc(-c2ccn3c(-c4cccc(NC(=O)NCC(F)(F)F)c4)cnc3c2)cc1OC.O=CO. The van der Waals surface area contributed by atoms with Gasteiger partial charge in [0.05, 0.1) is 26.1 Å². The number of pyridine rings is 1. The largest absolute Gasteiger partial charge is 0.493 e. The number of carboxylic acid groups (broad SMARTS) is 1. The zero-order valence-electron chi connectivity index (χ0n) is 19.7. The number of nitrogens with zero attached hydrogens (tertiary/aromatic N) is 2. The summed E-state index contributed by atoms with van der Waals surface area (Å²) in [6.45, 7) is -1.66. The minimum absolute atomic E-state index is 0.250. The first-order valence-corrected chi connectivity index (χ1v) is 10.7. The van der Waals surface area contributed by atoms with Crippen molar-refractivity contribution in [1.29, 1.82) is 0 Å². The maximum atomic E-state index is 12.3. The number of ether oxygens (including phenoxy) is 2. The molecule has 0 aliphatic rings. The van der Waals surface area contributed by atoms with Crippen LogP contribution < -0.4 is 20.1 Å². The molecule has 0 saturated heterocycles. The number of aromatic nitrogens is 2. The van der Waals surface area contributed by atoms with Crippen LogP contribution in [0.4, 0.5) is 23.7 Å². The van der Waals surface area contributed by atoms with Gasteiger partial charge in [-0.05, 0) is 47.5 Å². The smallest absolute Gasteiger partial charge is 0.405 e. The number of methoxy groups -OCH3 is 2. The van der Waals surface area contributed by atoms with E-state index >= 15 is 0 Å². The van der Waals surface area contributed by atoms with Crippen molar-refractivity contribution in [3.8, 4) is 33.9 Å². The van der Waals surface area contributed by atoms with Crippen LogP contribution in [-0.2, 0) is 4.79 Å². The number of anilines is 1. The number of rotatable bonds is 6. The Morgan fingerprint density at radius 2 is 1.73 bits per heavy atom. The van der Waals surface area contributed by atoms with Gasteiger partial charge in [-0.3, -0.25) is 9.20 Å². The molecule has 2 aromatic heterocycles. The van der Waals surface area contributed by atoms with Crippen LogP contribution >= 0.6 is 0 Å². The number of halogens is 3. The van der Waals surface area contributed by atoms with Crippen molar-refractivity contribution in [2.75, 3.05) is 26.1 Å². The van der Waals surface area contributed by atoms with Gasteiger partial charge in [-0.1, -0.05) is 18.2 Å². The van der Waals surface area contributed by atoms with Crippen molar-refractivity contribution < 1.29 is 37.3 Å². The third kappa shape index (κ3) is 6.90. The van der Waals surface area contributed by atoms with Gasteiger partial charge >= 0.3 is 12.2 Å². The minimum Gasteiger partial charge on any atom is -0.493 e. The van der Waals surface area contributed by atoms with Crippen LogP contribution in [0.25, 0.3) is 28.0 Å². The molecule has 0 bridgehead atoms. The summed E-state index contributed by atoms with van der Waals surface area (Å²) >= 11 is 0. The van der Waals surface area contributed by atoms with Crippen LogP contribution in [0.15, 0.2) is 67.0 Å². The van der Waals surface area contributed by atoms with Crippen LogP contribution in [0.3, 0.4) is 0 Å². The molecule has 3 N–H and O–H groups in total. The highest BCUT2D eigenvalue weighted by Gasteiger charge is 2.27. The molecule has 0 saturated carbocycles. The van der Waals surface area contributed by atoms with Gasteiger partial charge in [0.1, 0.15) is 12.2 Å². The molecule has 4 aromatic rings. The minimum atomic E-state index is -4.48. The Labute approximate surface area is 209 Å². The molecule has 12 heteroatoms. The molecule has 2 heterocycles.